The fraction of sp³-hybridized carbons (Fsp3) is 0.222. The van der Waals surface area contributed by atoms with E-state index in [9.17, 15) is 19.8 Å². The van der Waals surface area contributed by atoms with E-state index in [1.165, 1.54) is 12.1 Å². The highest BCUT2D eigenvalue weighted by molar-refractivity contribution is 5.87. The van der Waals surface area contributed by atoms with E-state index in [1.807, 2.05) is 0 Å². The lowest BCUT2D eigenvalue weighted by Gasteiger charge is -2.16. The lowest BCUT2D eigenvalue weighted by molar-refractivity contribution is -0.162. The van der Waals surface area contributed by atoms with Crippen molar-refractivity contribution in [3.05, 3.63) is 59.7 Å². The summed E-state index contributed by atoms with van der Waals surface area (Å²) in [7, 11) is 0. The molecule has 2 aromatic rings. The van der Waals surface area contributed by atoms with Crippen molar-refractivity contribution >= 4 is 11.9 Å². The zero-order valence-corrected chi connectivity index (χ0v) is 13.3. The maximum Gasteiger partial charge on any atom is 0.343 e. The second-order valence-electron chi connectivity index (χ2n) is 5.26. The number of hydrogen-bond acceptors (Lipinski definition) is 6. The van der Waals surface area contributed by atoms with Crippen LogP contribution in [0.15, 0.2) is 48.5 Å². The molecular formula is C18H18O6. The number of para-hydroxylation sites is 2. The predicted octanol–water partition coefficient (Wildman–Crippen LogP) is 1.54. The molecule has 0 saturated heterocycles. The van der Waals surface area contributed by atoms with Crippen molar-refractivity contribution in [2.75, 3.05) is 0 Å². The normalized spacial score (nSPS) is 13.0. The Bertz CT molecular complexity index is 676. The highest BCUT2D eigenvalue weighted by Crippen LogP contribution is 2.19. The van der Waals surface area contributed by atoms with Crippen molar-refractivity contribution in [3.63, 3.8) is 0 Å². The molecule has 0 aliphatic rings. The Morgan fingerprint density at radius 1 is 0.750 bits per heavy atom. The fourth-order valence-corrected chi connectivity index (χ4v) is 1.94. The van der Waals surface area contributed by atoms with Gasteiger partial charge in [-0.15, -0.1) is 0 Å². The van der Waals surface area contributed by atoms with E-state index in [4.69, 9.17) is 9.47 Å². The summed E-state index contributed by atoms with van der Waals surface area (Å²) in [6.45, 7) is 3.44. The summed E-state index contributed by atoms with van der Waals surface area (Å²) in [6.07, 6.45) is -4.11. The van der Waals surface area contributed by atoms with Crippen LogP contribution in [-0.2, 0) is 9.59 Å². The molecule has 0 aliphatic carbocycles. The summed E-state index contributed by atoms with van der Waals surface area (Å²) in [6, 6.07) is 13.4. The molecule has 6 heteroatoms. The second kappa shape index (κ2) is 7.72. The predicted molar refractivity (Wildman–Crippen MR) is 85.6 cm³/mol. The van der Waals surface area contributed by atoms with Crippen molar-refractivity contribution in [1.29, 1.82) is 0 Å². The van der Waals surface area contributed by atoms with Crippen LogP contribution in [0.5, 0.6) is 11.5 Å². The Labute approximate surface area is 139 Å². The van der Waals surface area contributed by atoms with Crippen molar-refractivity contribution in [1.82, 2.24) is 0 Å². The van der Waals surface area contributed by atoms with Crippen LogP contribution in [0.4, 0.5) is 0 Å². The summed E-state index contributed by atoms with van der Waals surface area (Å²) in [5, 5.41) is 19.7. The van der Waals surface area contributed by atoms with E-state index in [-0.39, 0.29) is 11.5 Å². The standard InChI is InChI=1S/C18H18O6/c1-11-7-3-5-9-13(11)23-17(21)15(19)16(20)18(22)24-14-10-6-4-8-12(14)2/h3-10,15-16,19-20H,1-2H3/t15-,16-/m0/s1. The van der Waals surface area contributed by atoms with Crippen molar-refractivity contribution < 1.29 is 29.3 Å². The summed E-state index contributed by atoms with van der Waals surface area (Å²) in [4.78, 5) is 23.8. The highest BCUT2D eigenvalue weighted by atomic mass is 16.6. The first-order valence-electron chi connectivity index (χ1n) is 7.31. The molecule has 6 nitrogen and oxygen atoms in total. The van der Waals surface area contributed by atoms with Crippen molar-refractivity contribution in [2.24, 2.45) is 0 Å². The number of esters is 2. The molecule has 2 N–H and O–H groups in total. The molecule has 0 aliphatic heterocycles. The molecule has 0 heterocycles. The van der Waals surface area contributed by atoms with Gasteiger partial charge in [0.25, 0.3) is 0 Å². The van der Waals surface area contributed by atoms with Crippen LogP contribution in [0.1, 0.15) is 11.1 Å². The number of aryl methyl sites for hydroxylation is 2. The molecule has 0 aromatic heterocycles. The number of ether oxygens (including phenoxy) is 2. The maximum absolute atomic E-state index is 11.9. The third-order valence-corrected chi connectivity index (χ3v) is 3.39. The Morgan fingerprint density at radius 3 is 1.42 bits per heavy atom. The van der Waals surface area contributed by atoms with Gasteiger partial charge >= 0.3 is 11.9 Å². The molecule has 0 amide bonds. The van der Waals surface area contributed by atoms with Gasteiger partial charge in [-0.2, -0.15) is 0 Å². The lowest BCUT2D eigenvalue weighted by atomic mass is 10.2. The van der Waals surface area contributed by atoms with Gasteiger partial charge in [-0.25, -0.2) is 9.59 Å². The van der Waals surface area contributed by atoms with Crippen LogP contribution in [-0.4, -0.2) is 34.4 Å². The average Bonchev–Trinajstić information content (AvgIpc) is 2.57. The molecule has 0 radical (unpaired) electrons. The van der Waals surface area contributed by atoms with Gasteiger partial charge in [-0.1, -0.05) is 36.4 Å². The van der Waals surface area contributed by atoms with Crippen molar-refractivity contribution in [3.8, 4) is 11.5 Å². The van der Waals surface area contributed by atoms with E-state index in [0.717, 1.165) is 0 Å². The van der Waals surface area contributed by atoms with E-state index in [1.54, 1.807) is 50.2 Å². The number of aliphatic hydroxyl groups is 2. The Morgan fingerprint density at radius 2 is 1.08 bits per heavy atom. The summed E-state index contributed by atoms with van der Waals surface area (Å²) in [5.41, 5.74) is 1.35. The van der Waals surface area contributed by atoms with Crippen LogP contribution in [0.3, 0.4) is 0 Å². The van der Waals surface area contributed by atoms with Gasteiger partial charge in [-0.3, -0.25) is 0 Å². The molecule has 0 bridgehead atoms. The minimum atomic E-state index is -2.05. The molecule has 2 rings (SSSR count). The third-order valence-electron chi connectivity index (χ3n) is 3.39. The number of carbonyl (C=O) groups is 2. The first kappa shape index (κ1) is 17.7. The molecule has 2 atom stereocenters. The first-order chi connectivity index (χ1) is 11.4. The van der Waals surface area contributed by atoms with E-state index in [0.29, 0.717) is 11.1 Å². The Kier molecular flexibility index (Phi) is 5.68. The SMILES string of the molecule is Cc1ccccc1OC(=O)[C@@H](O)[C@H](O)C(=O)Oc1ccccc1C. The number of benzene rings is 2. The van der Waals surface area contributed by atoms with Crippen LogP contribution >= 0.6 is 0 Å². The van der Waals surface area contributed by atoms with Gasteiger partial charge in [0.05, 0.1) is 0 Å². The molecule has 0 spiro atoms. The number of hydrogen-bond donors (Lipinski definition) is 2. The number of aliphatic hydroxyl groups excluding tert-OH is 2. The van der Waals surface area contributed by atoms with Gasteiger partial charge in [0.1, 0.15) is 11.5 Å². The van der Waals surface area contributed by atoms with Crippen LogP contribution in [0.2, 0.25) is 0 Å². The molecular weight excluding hydrogens is 312 g/mol. The average molecular weight is 330 g/mol. The van der Waals surface area contributed by atoms with Gasteiger partial charge in [-0.05, 0) is 37.1 Å². The molecule has 2 aromatic carbocycles. The van der Waals surface area contributed by atoms with Crippen LogP contribution < -0.4 is 9.47 Å². The Balaban J connectivity index is 2.01. The first-order valence-corrected chi connectivity index (χ1v) is 7.31. The molecule has 0 unspecified atom stereocenters. The van der Waals surface area contributed by atoms with Gasteiger partial charge in [0.15, 0.2) is 12.2 Å². The van der Waals surface area contributed by atoms with Gasteiger partial charge < -0.3 is 19.7 Å². The van der Waals surface area contributed by atoms with Crippen LogP contribution in [0.25, 0.3) is 0 Å². The smallest absolute Gasteiger partial charge is 0.343 e. The summed E-state index contributed by atoms with van der Waals surface area (Å²) < 4.78 is 9.99. The largest absolute Gasteiger partial charge is 0.424 e. The van der Waals surface area contributed by atoms with E-state index >= 15 is 0 Å². The third kappa shape index (κ3) is 4.18. The fourth-order valence-electron chi connectivity index (χ4n) is 1.94. The quantitative estimate of drug-likeness (QED) is 0.638. The topological polar surface area (TPSA) is 93.1 Å². The molecule has 126 valence electrons. The van der Waals surface area contributed by atoms with Gasteiger partial charge in [0.2, 0.25) is 0 Å². The monoisotopic (exact) mass is 330 g/mol. The van der Waals surface area contributed by atoms with E-state index in [2.05, 4.69) is 0 Å². The minimum absolute atomic E-state index is 0.237. The summed E-state index contributed by atoms with van der Waals surface area (Å²) >= 11 is 0. The zero-order valence-electron chi connectivity index (χ0n) is 13.3. The summed E-state index contributed by atoms with van der Waals surface area (Å²) in [5.74, 6) is -1.81. The second-order valence-corrected chi connectivity index (χ2v) is 5.26. The number of rotatable bonds is 5. The number of carbonyl (C=O) groups excluding carboxylic acids is 2. The molecule has 24 heavy (non-hydrogen) atoms. The van der Waals surface area contributed by atoms with E-state index < -0.39 is 24.1 Å². The van der Waals surface area contributed by atoms with Crippen LogP contribution in [0, 0.1) is 13.8 Å². The van der Waals surface area contributed by atoms with Gasteiger partial charge in [0, 0.05) is 0 Å². The highest BCUT2D eigenvalue weighted by Gasteiger charge is 2.34. The maximum atomic E-state index is 11.9. The zero-order chi connectivity index (χ0) is 17.7. The molecule has 0 fully saturated rings. The molecule has 0 saturated carbocycles. The minimum Gasteiger partial charge on any atom is -0.424 e. The van der Waals surface area contributed by atoms with Crippen molar-refractivity contribution in [2.45, 2.75) is 26.1 Å². The Hall–Kier alpha value is -2.70. The lowest BCUT2D eigenvalue weighted by Crippen LogP contribution is -2.43.